The summed E-state index contributed by atoms with van der Waals surface area (Å²) >= 11 is 0. The Morgan fingerprint density at radius 1 is 1.00 bits per heavy atom. The van der Waals surface area contributed by atoms with Crippen LogP contribution in [0.4, 0.5) is 0 Å². The van der Waals surface area contributed by atoms with Gasteiger partial charge in [-0.05, 0) is 36.4 Å². The van der Waals surface area contributed by atoms with Gasteiger partial charge in [-0.2, -0.15) is 0 Å². The van der Waals surface area contributed by atoms with Crippen molar-refractivity contribution in [3.63, 3.8) is 0 Å². The Morgan fingerprint density at radius 2 is 1.73 bits per heavy atom. The predicted molar refractivity (Wildman–Crippen MR) is 115 cm³/mol. The second-order valence-corrected chi connectivity index (χ2v) is 6.62. The van der Waals surface area contributed by atoms with Crippen LogP contribution >= 0.6 is 0 Å². The molecule has 0 aliphatic heterocycles. The SMILES string of the molecule is CCC(=O)Oc1ccc(-c2nc3ccccc3c(=O)n2-c2ccccc2)c(OC)c1. The largest absolute Gasteiger partial charge is 0.496 e. The van der Waals surface area contributed by atoms with E-state index in [-0.39, 0.29) is 17.9 Å². The summed E-state index contributed by atoms with van der Waals surface area (Å²) in [6, 6.07) is 21.6. The van der Waals surface area contributed by atoms with Gasteiger partial charge in [-0.3, -0.25) is 14.2 Å². The normalized spacial score (nSPS) is 10.7. The van der Waals surface area contributed by atoms with E-state index in [9.17, 15) is 9.59 Å². The van der Waals surface area contributed by atoms with Gasteiger partial charge in [0.25, 0.3) is 5.56 Å². The molecule has 0 fully saturated rings. The zero-order chi connectivity index (χ0) is 21.1. The van der Waals surface area contributed by atoms with Gasteiger partial charge in [0.2, 0.25) is 0 Å². The van der Waals surface area contributed by atoms with Crippen molar-refractivity contribution in [3.05, 3.63) is 83.2 Å². The lowest BCUT2D eigenvalue weighted by atomic mass is 10.1. The van der Waals surface area contributed by atoms with Crippen molar-refractivity contribution in [1.82, 2.24) is 9.55 Å². The Kier molecular flexibility index (Phi) is 5.30. The van der Waals surface area contributed by atoms with Gasteiger partial charge in [0.1, 0.15) is 11.5 Å². The van der Waals surface area contributed by atoms with Crippen molar-refractivity contribution >= 4 is 16.9 Å². The molecule has 30 heavy (non-hydrogen) atoms. The third-order valence-corrected chi connectivity index (χ3v) is 4.72. The first kappa shape index (κ1) is 19.4. The number of fused-ring (bicyclic) bond motifs is 1. The van der Waals surface area contributed by atoms with Crippen molar-refractivity contribution in [2.75, 3.05) is 7.11 Å². The molecular formula is C24H20N2O4. The van der Waals surface area contributed by atoms with Gasteiger partial charge < -0.3 is 9.47 Å². The highest BCUT2D eigenvalue weighted by Gasteiger charge is 2.18. The second-order valence-electron chi connectivity index (χ2n) is 6.62. The number of ether oxygens (including phenoxy) is 2. The number of hydrogen-bond donors (Lipinski definition) is 0. The summed E-state index contributed by atoms with van der Waals surface area (Å²) in [6.45, 7) is 1.73. The number of hydrogen-bond acceptors (Lipinski definition) is 5. The minimum absolute atomic E-state index is 0.176. The van der Waals surface area contributed by atoms with Crippen LogP contribution in [0.5, 0.6) is 11.5 Å². The summed E-state index contributed by atoms with van der Waals surface area (Å²) in [4.78, 5) is 29.8. The lowest BCUT2D eigenvalue weighted by Gasteiger charge is -2.16. The van der Waals surface area contributed by atoms with Crippen LogP contribution in [0.2, 0.25) is 0 Å². The van der Waals surface area contributed by atoms with Crippen molar-refractivity contribution in [3.8, 4) is 28.6 Å². The summed E-state index contributed by atoms with van der Waals surface area (Å²) in [5, 5.41) is 0.526. The van der Waals surface area contributed by atoms with Gasteiger partial charge in [0.05, 0.1) is 29.3 Å². The van der Waals surface area contributed by atoms with Crippen LogP contribution in [-0.4, -0.2) is 22.6 Å². The molecule has 1 heterocycles. The topological polar surface area (TPSA) is 70.4 Å². The van der Waals surface area contributed by atoms with Gasteiger partial charge in [0, 0.05) is 12.5 Å². The van der Waals surface area contributed by atoms with E-state index in [1.54, 1.807) is 41.8 Å². The summed E-state index contributed by atoms with van der Waals surface area (Å²) in [5.74, 6) is 0.921. The van der Waals surface area contributed by atoms with Gasteiger partial charge in [-0.1, -0.05) is 37.3 Å². The molecule has 0 spiro atoms. The first-order valence-corrected chi connectivity index (χ1v) is 9.58. The molecule has 150 valence electrons. The third kappa shape index (κ3) is 3.55. The quantitative estimate of drug-likeness (QED) is 0.367. The maximum atomic E-state index is 13.4. The van der Waals surface area contributed by atoms with Crippen LogP contribution in [-0.2, 0) is 4.79 Å². The maximum Gasteiger partial charge on any atom is 0.310 e. The molecule has 4 rings (SSSR count). The molecule has 0 saturated heterocycles. The Balaban J connectivity index is 1.98. The van der Waals surface area contributed by atoms with Crippen molar-refractivity contribution < 1.29 is 14.3 Å². The fourth-order valence-electron chi connectivity index (χ4n) is 3.25. The Hall–Kier alpha value is -3.93. The first-order chi connectivity index (χ1) is 14.6. The third-order valence-electron chi connectivity index (χ3n) is 4.72. The van der Waals surface area contributed by atoms with E-state index in [2.05, 4.69) is 0 Å². The van der Waals surface area contributed by atoms with E-state index in [0.717, 1.165) is 0 Å². The first-order valence-electron chi connectivity index (χ1n) is 9.58. The summed E-state index contributed by atoms with van der Waals surface area (Å²) in [5.41, 5.74) is 1.72. The van der Waals surface area contributed by atoms with E-state index in [1.807, 2.05) is 42.5 Å². The fraction of sp³-hybridized carbons (Fsp3) is 0.125. The molecule has 4 aromatic rings. The number of rotatable bonds is 5. The standard InChI is InChI=1S/C24H20N2O4/c1-3-22(27)30-17-13-14-19(21(15-17)29-2)23-25-20-12-8-7-11-18(20)24(28)26(23)16-9-5-4-6-10-16/h4-15H,3H2,1-2H3. The van der Waals surface area contributed by atoms with E-state index in [4.69, 9.17) is 14.5 Å². The van der Waals surface area contributed by atoms with Crippen molar-refractivity contribution in [2.45, 2.75) is 13.3 Å². The van der Waals surface area contributed by atoms with Gasteiger partial charge in [-0.15, -0.1) is 0 Å². The number of para-hydroxylation sites is 2. The van der Waals surface area contributed by atoms with Crippen LogP contribution in [0.25, 0.3) is 28.0 Å². The summed E-state index contributed by atoms with van der Waals surface area (Å²) < 4.78 is 12.4. The predicted octanol–water partition coefficient (Wildman–Crippen LogP) is 4.38. The zero-order valence-corrected chi connectivity index (χ0v) is 16.7. The Labute approximate surface area is 173 Å². The van der Waals surface area contributed by atoms with Gasteiger partial charge >= 0.3 is 5.97 Å². The minimum Gasteiger partial charge on any atom is -0.496 e. The zero-order valence-electron chi connectivity index (χ0n) is 16.7. The van der Waals surface area contributed by atoms with Crippen LogP contribution in [0.1, 0.15) is 13.3 Å². The maximum absolute atomic E-state index is 13.4. The van der Waals surface area contributed by atoms with Crippen LogP contribution in [0.3, 0.4) is 0 Å². The summed E-state index contributed by atoms with van der Waals surface area (Å²) in [6.07, 6.45) is 0.268. The van der Waals surface area contributed by atoms with E-state index < -0.39 is 0 Å². The smallest absolute Gasteiger partial charge is 0.310 e. The fourth-order valence-corrected chi connectivity index (χ4v) is 3.25. The molecule has 0 saturated carbocycles. The van der Waals surface area contributed by atoms with Crippen LogP contribution in [0.15, 0.2) is 77.6 Å². The van der Waals surface area contributed by atoms with Crippen molar-refractivity contribution in [2.24, 2.45) is 0 Å². The number of carbonyl (C=O) groups is 1. The molecule has 0 amide bonds. The molecule has 0 radical (unpaired) electrons. The molecule has 0 aliphatic carbocycles. The summed E-state index contributed by atoms with van der Waals surface area (Å²) in [7, 11) is 1.52. The molecule has 3 aromatic carbocycles. The number of nitrogens with zero attached hydrogens (tertiary/aromatic N) is 2. The molecule has 0 unspecified atom stereocenters. The number of esters is 1. The van der Waals surface area contributed by atoms with E-state index in [0.29, 0.717) is 39.5 Å². The molecule has 0 bridgehead atoms. The highest BCUT2D eigenvalue weighted by Crippen LogP contribution is 2.33. The Morgan fingerprint density at radius 3 is 2.47 bits per heavy atom. The lowest BCUT2D eigenvalue weighted by molar-refractivity contribution is -0.134. The minimum atomic E-state index is -0.338. The second kappa shape index (κ2) is 8.21. The molecule has 1 aromatic heterocycles. The number of methoxy groups -OCH3 is 1. The average Bonchev–Trinajstić information content (AvgIpc) is 2.79. The van der Waals surface area contributed by atoms with E-state index >= 15 is 0 Å². The molecule has 6 nitrogen and oxygen atoms in total. The number of aromatic nitrogens is 2. The molecule has 0 aliphatic rings. The molecule has 0 atom stereocenters. The Bertz CT molecular complexity index is 1280. The molecule has 6 heteroatoms. The van der Waals surface area contributed by atoms with Crippen LogP contribution in [0, 0.1) is 0 Å². The highest BCUT2D eigenvalue weighted by molar-refractivity contribution is 5.82. The van der Waals surface area contributed by atoms with E-state index in [1.165, 1.54) is 7.11 Å². The van der Waals surface area contributed by atoms with Crippen LogP contribution < -0.4 is 15.0 Å². The number of benzene rings is 3. The molecule has 0 N–H and O–H groups in total. The molecular weight excluding hydrogens is 380 g/mol. The highest BCUT2D eigenvalue weighted by atomic mass is 16.5. The van der Waals surface area contributed by atoms with Gasteiger partial charge in [0.15, 0.2) is 5.82 Å². The monoisotopic (exact) mass is 400 g/mol. The average molecular weight is 400 g/mol. The lowest BCUT2D eigenvalue weighted by Crippen LogP contribution is -2.22. The van der Waals surface area contributed by atoms with Crippen molar-refractivity contribution in [1.29, 1.82) is 0 Å². The number of carbonyl (C=O) groups excluding carboxylic acids is 1. The van der Waals surface area contributed by atoms with Gasteiger partial charge in [-0.25, -0.2) is 4.98 Å².